The molecule has 0 spiro atoms. The van der Waals surface area contributed by atoms with Crippen molar-refractivity contribution in [2.24, 2.45) is 0 Å². The molecule has 0 amide bonds. The van der Waals surface area contributed by atoms with Gasteiger partial charge in [0.05, 0.1) is 17.8 Å². The number of hydrogen-bond acceptors (Lipinski definition) is 2. The van der Waals surface area contributed by atoms with Crippen LogP contribution in [0.3, 0.4) is 0 Å². The Morgan fingerprint density at radius 1 is 1.24 bits per heavy atom. The highest BCUT2D eigenvalue weighted by molar-refractivity contribution is 6.33. The summed E-state index contributed by atoms with van der Waals surface area (Å²) < 4.78 is 5.16. The van der Waals surface area contributed by atoms with Crippen LogP contribution in [0.4, 0.5) is 11.4 Å². The van der Waals surface area contributed by atoms with E-state index < -0.39 is 0 Å². The smallest absolute Gasteiger partial charge is 0.129 e. The first-order valence-corrected chi connectivity index (χ1v) is 5.64. The zero-order valence-corrected chi connectivity index (χ0v) is 10.5. The number of rotatable bonds is 3. The lowest BCUT2D eigenvalue weighted by Gasteiger charge is -2.21. The highest BCUT2D eigenvalue weighted by Gasteiger charge is 2.09. The number of benzene rings is 2. The Morgan fingerprint density at radius 2 is 1.94 bits per heavy atom. The van der Waals surface area contributed by atoms with E-state index in [0.29, 0.717) is 10.8 Å². The predicted molar refractivity (Wildman–Crippen MR) is 71.3 cm³/mol. The minimum atomic E-state index is 0.650. The molecule has 0 bridgehead atoms. The molecule has 0 atom stereocenters. The zero-order chi connectivity index (χ0) is 12.3. The maximum absolute atomic E-state index is 6.17. The maximum atomic E-state index is 6.17. The Balaban J connectivity index is 2.40. The SMILES string of the molecule is COc1[c]cc(Cl)c(N(C)c2ccccc2)c1. The molecule has 0 aliphatic heterocycles. The Hall–Kier alpha value is -1.67. The van der Waals surface area contributed by atoms with E-state index in [1.807, 2.05) is 48.3 Å². The summed E-state index contributed by atoms with van der Waals surface area (Å²) in [6.45, 7) is 0. The molecule has 2 nitrogen and oxygen atoms in total. The summed E-state index contributed by atoms with van der Waals surface area (Å²) in [6, 6.07) is 16.6. The largest absolute Gasteiger partial charge is 0.496 e. The van der Waals surface area contributed by atoms with Gasteiger partial charge in [-0.15, -0.1) is 0 Å². The van der Waals surface area contributed by atoms with Crippen molar-refractivity contribution in [3.05, 3.63) is 53.6 Å². The summed E-state index contributed by atoms with van der Waals surface area (Å²) >= 11 is 6.17. The summed E-state index contributed by atoms with van der Waals surface area (Å²) in [6.07, 6.45) is 0. The van der Waals surface area contributed by atoms with Gasteiger partial charge in [-0.05, 0) is 18.2 Å². The molecule has 2 rings (SSSR count). The van der Waals surface area contributed by atoms with Crippen molar-refractivity contribution in [1.29, 1.82) is 0 Å². The first-order valence-electron chi connectivity index (χ1n) is 5.26. The van der Waals surface area contributed by atoms with Crippen molar-refractivity contribution in [3.8, 4) is 5.75 Å². The van der Waals surface area contributed by atoms with Gasteiger partial charge in [0, 0.05) is 24.9 Å². The Kier molecular flexibility index (Phi) is 3.55. The lowest BCUT2D eigenvalue weighted by molar-refractivity contribution is 0.414. The van der Waals surface area contributed by atoms with Gasteiger partial charge in [-0.3, -0.25) is 0 Å². The van der Waals surface area contributed by atoms with E-state index in [1.54, 1.807) is 13.2 Å². The van der Waals surface area contributed by atoms with Crippen molar-refractivity contribution < 1.29 is 4.74 Å². The fraction of sp³-hybridized carbons (Fsp3) is 0.143. The predicted octanol–water partition coefficient (Wildman–Crippen LogP) is 3.92. The van der Waals surface area contributed by atoms with E-state index in [0.717, 1.165) is 11.4 Å². The van der Waals surface area contributed by atoms with E-state index in [9.17, 15) is 0 Å². The molecule has 0 unspecified atom stereocenters. The van der Waals surface area contributed by atoms with Crippen LogP contribution in [0.25, 0.3) is 0 Å². The Labute approximate surface area is 106 Å². The summed E-state index contributed by atoms with van der Waals surface area (Å²) in [5, 5.41) is 0.650. The Bertz CT molecular complexity index is 499. The van der Waals surface area contributed by atoms with E-state index in [4.69, 9.17) is 16.3 Å². The summed E-state index contributed by atoms with van der Waals surface area (Å²) in [5.41, 5.74) is 1.97. The number of para-hydroxylation sites is 1. The van der Waals surface area contributed by atoms with E-state index in [-0.39, 0.29) is 0 Å². The van der Waals surface area contributed by atoms with Crippen molar-refractivity contribution in [2.75, 3.05) is 19.1 Å². The van der Waals surface area contributed by atoms with Crippen LogP contribution in [-0.4, -0.2) is 14.2 Å². The zero-order valence-electron chi connectivity index (χ0n) is 9.77. The van der Waals surface area contributed by atoms with E-state index >= 15 is 0 Å². The van der Waals surface area contributed by atoms with Crippen molar-refractivity contribution in [1.82, 2.24) is 0 Å². The normalized spacial score (nSPS) is 10.1. The minimum Gasteiger partial charge on any atom is -0.496 e. The van der Waals surface area contributed by atoms with Crippen LogP contribution in [-0.2, 0) is 0 Å². The standard InChI is InChI=1S/C14H13ClNO/c1-16(11-6-4-3-5-7-11)14-10-12(17-2)8-9-13(14)15/h3-7,9-10H,1-2H3. The Morgan fingerprint density at radius 3 is 2.59 bits per heavy atom. The number of anilines is 2. The van der Waals surface area contributed by atoms with Crippen LogP contribution < -0.4 is 9.64 Å². The molecule has 0 aliphatic rings. The first kappa shape index (κ1) is 11.8. The van der Waals surface area contributed by atoms with Gasteiger partial charge in [-0.2, -0.15) is 0 Å². The average molecular weight is 247 g/mol. The third kappa shape index (κ3) is 2.53. The second kappa shape index (κ2) is 5.11. The van der Waals surface area contributed by atoms with Gasteiger partial charge in [0.2, 0.25) is 0 Å². The molecular formula is C14H13ClNO. The van der Waals surface area contributed by atoms with Crippen molar-refractivity contribution in [3.63, 3.8) is 0 Å². The number of ether oxygens (including phenoxy) is 1. The molecule has 17 heavy (non-hydrogen) atoms. The monoisotopic (exact) mass is 246 g/mol. The third-order valence-electron chi connectivity index (χ3n) is 2.58. The second-order valence-electron chi connectivity index (χ2n) is 3.63. The molecule has 0 aromatic heterocycles. The van der Waals surface area contributed by atoms with Crippen LogP contribution in [0.15, 0.2) is 42.5 Å². The lowest BCUT2D eigenvalue weighted by Crippen LogP contribution is -2.09. The third-order valence-corrected chi connectivity index (χ3v) is 2.88. The highest BCUT2D eigenvalue weighted by Crippen LogP contribution is 2.33. The number of nitrogens with zero attached hydrogens (tertiary/aromatic N) is 1. The van der Waals surface area contributed by atoms with Crippen LogP contribution in [0.5, 0.6) is 5.75 Å². The molecule has 0 aliphatic carbocycles. The molecular weight excluding hydrogens is 234 g/mol. The highest BCUT2D eigenvalue weighted by atomic mass is 35.5. The fourth-order valence-electron chi connectivity index (χ4n) is 1.61. The molecule has 2 aromatic rings. The first-order chi connectivity index (χ1) is 8.22. The van der Waals surface area contributed by atoms with Gasteiger partial charge in [-0.1, -0.05) is 29.8 Å². The molecule has 0 N–H and O–H groups in total. The second-order valence-corrected chi connectivity index (χ2v) is 4.04. The quantitative estimate of drug-likeness (QED) is 0.814. The molecule has 0 fully saturated rings. The summed E-state index contributed by atoms with van der Waals surface area (Å²) in [7, 11) is 3.59. The molecule has 1 radical (unpaired) electrons. The van der Waals surface area contributed by atoms with Crippen molar-refractivity contribution in [2.45, 2.75) is 0 Å². The fourth-order valence-corrected chi connectivity index (χ4v) is 1.84. The average Bonchev–Trinajstić information content (AvgIpc) is 2.39. The van der Waals surface area contributed by atoms with Gasteiger partial charge in [0.15, 0.2) is 0 Å². The summed E-state index contributed by atoms with van der Waals surface area (Å²) in [5.74, 6) is 0.673. The molecule has 0 saturated heterocycles. The molecule has 3 heteroatoms. The van der Waals surface area contributed by atoms with E-state index in [1.165, 1.54) is 0 Å². The number of methoxy groups -OCH3 is 1. The molecule has 0 heterocycles. The number of hydrogen-bond donors (Lipinski definition) is 0. The molecule has 2 aromatic carbocycles. The van der Waals surface area contributed by atoms with Crippen LogP contribution >= 0.6 is 11.6 Å². The van der Waals surface area contributed by atoms with Gasteiger partial charge in [-0.25, -0.2) is 0 Å². The van der Waals surface area contributed by atoms with Gasteiger partial charge in [0.25, 0.3) is 0 Å². The van der Waals surface area contributed by atoms with Crippen LogP contribution in [0.1, 0.15) is 0 Å². The van der Waals surface area contributed by atoms with Gasteiger partial charge < -0.3 is 9.64 Å². The molecule has 0 saturated carbocycles. The van der Waals surface area contributed by atoms with Gasteiger partial charge in [0.1, 0.15) is 5.75 Å². The molecule has 87 valence electrons. The maximum Gasteiger partial charge on any atom is 0.129 e. The topological polar surface area (TPSA) is 12.5 Å². The van der Waals surface area contributed by atoms with Crippen LogP contribution in [0, 0.1) is 6.07 Å². The van der Waals surface area contributed by atoms with Gasteiger partial charge >= 0.3 is 0 Å². The van der Waals surface area contributed by atoms with Crippen LogP contribution in [0.2, 0.25) is 5.02 Å². The van der Waals surface area contributed by atoms with Crippen molar-refractivity contribution >= 4 is 23.0 Å². The number of halogens is 1. The lowest BCUT2D eigenvalue weighted by atomic mass is 10.2. The summed E-state index contributed by atoms with van der Waals surface area (Å²) in [4.78, 5) is 2.01. The minimum absolute atomic E-state index is 0.650. The van der Waals surface area contributed by atoms with E-state index in [2.05, 4.69) is 6.07 Å².